The van der Waals surface area contributed by atoms with Crippen molar-refractivity contribution < 1.29 is 14.7 Å². The van der Waals surface area contributed by atoms with Crippen LogP contribution in [0.3, 0.4) is 0 Å². The average Bonchev–Trinajstić information content (AvgIpc) is 3.36. The average molecular weight is 289 g/mol. The molecule has 1 aromatic rings. The minimum atomic E-state index is -0.997. The molecule has 0 bridgehead atoms. The van der Waals surface area contributed by atoms with E-state index >= 15 is 0 Å². The summed E-state index contributed by atoms with van der Waals surface area (Å²) in [5, 5.41) is 14.5. The van der Waals surface area contributed by atoms with Crippen molar-refractivity contribution in [1.29, 1.82) is 0 Å². The number of carbonyl (C=O) groups is 2. The lowest BCUT2D eigenvalue weighted by molar-refractivity contribution is 0.0696. The van der Waals surface area contributed by atoms with Crippen molar-refractivity contribution in [2.45, 2.75) is 32.2 Å². The highest BCUT2D eigenvalue weighted by Crippen LogP contribution is 2.60. The van der Waals surface area contributed by atoms with Gasteiger partial charge >= 0.3 is 12.0 Å². The monoisotopic (exact) mass is 289 g/mol. The van der Waals surface area contributed by atoms with Crippen LogP contribution in [-0.4, -0.2) is 28.6 Å². The van der Waals surface area contributed by atoms with Gasteiger partial charge in [-0.2, -0.15) is 0 Å². The lowest BCUT2D eigenvalue weighted by Gasteiger charge is -2.15. The minimum absolute atomic E-state index is 0.174. The van der Waals surface area contributed by atoms with Gasteiger partial charge in [-0.3, -0.25) is 4.98 Å². The molecule has 0 aliphatic heterocycles. The van der Waals surface area contributed by atoms with Crippen molar-refractivity contribution in [2.24, 2.45) is 11.3 Å². The molecule has 6 nitrogen and oxygen atoms in total. The number of aromatic nitrogens is 1. The highest BCUT2D eigenvalue weighted by molar-refractivity contribution is 5.87. The number of carboxylic acids is 1. The van der Waals surface area contributed by atoms with Gasteiger partial charge in [-0.15, -0.1) is 0 Å². The Hall–Kier alpha value is -2.11. The van der Waals surface area contributed by atoms with Crippen LogP contribution in [0.2, 0.25) is 0 Å². The van der Waals surface area contributed by atoms with Crippen LogP contribution >= 0.6 is 0 Å². The summed E-state index contributed by atoms with van der Waals surface area (Å²) in [4.78, 5) is 26.7. The maximum absolute atomic E-state index is 11.8. The largest absolute Gasteiger partial charge is 0.478 e. The first kappa shape index (κ1) is 13.9. The Kier molecular flexibility index (Phi) is 3.53. The van der Waals surface area contributed by atoms with Crippen LogP contribution in [0.1, 0.15) is 41.7 Å². The van der Waals surface area contributed by atoms with Gasteiger partial charge in [-0.25, -0.2) is 9.59 Å². The number of pyridine rings is 1. The van der Waals surface area contributed by atoms with E-state index in [-0.39, 0.29) is 18.1 Å². The Bertz CT molecular complexity index is 565. The molecule has 0 radical (unpaired) electrons. The molecular formula is C15H19N3O3. The molecule has 21 heavy (non-hydrogen) atoms. The lowest BCUT2D eigenvalue weighted by Crippen LogP contribution is -2.39. The minimum Gasteiger partial charge on any atom is -0.478 e. The van der Waals surface area contributed by atoms with Crippen molar-refractivity contribution in [3.05, 3.63) is 29.6 Å². The van der Waals surface area contributed by atoms with Gasteiger partial charge in [0.1, 0.15) is 0 Å². The predicted octanol–water partition coefficient (Wildman–Crippen LogP) is 1.77. The summed E-state index contributed by atoms with van der Waals surface area (Å²) in [5.74, 6) is -0.185. The van der Waals surface area contributed by atoms with Crippen LogP contribution in [0, 0.1) is 11.3 Å². The van der Waals surface area contributed by atoms with Gasteiger partial charge in [0.05, 0.1) is 17.8 Å². The van der Waals surface area contributed by atoms with E-state index in [0.717, 1.165) is 12.5 Å². The molecule has 112 valence electrons. The summed E-state index contributed by atoms with van der Waals surface area (Å²) in [6, 6.07) is 2.68. The SMILES string of the molecule is O=C(NCc1cc(C(=O)O)ccn1)NCC1(C2CC2)CC1. The summed E-state index contributed by atoms with van der Waals surface area (Å²) in [6.07, 6.45) is 6.48. The molecule has 3 N–H and O–H groups in total. The number of nitrogens with one attached hydrogen (secondary N) is 2. The van der Waals surface area contributed by atoms with E-state index in [1.54, 1.807) is 0 Å². The van der Waals surface area contributed by atoms with Crippen LogP contribution in [0.15, 0.2) is 18.3 Å². The number of aromatic carboxylic acids is 1. The number of carboxylic acid groups (broad SMARTS) is 1. The topological polar surface area (TPSA) is 91.3 Å². The highest BCUT2D eigenvalue weighted by atomic mass is 16.4. The molecule has 0 aromatic carbocycles. The van der Waals surface area contributed by atoms with Crippen LogP contribution in [0.5, 0.6) is 0 Å². The van der Waals surface area contributed by atoms with Gasteiger partial charge in [-0.05, 0) is 49.1 Å². The van der Waals surface area contributed by atoms with E-state index in [2.05, 4.69) is 15.6 Å². The molecule has 0 unspecified atom stereocenters. The molecule has 2 amide bonds. The fourth-order valence-electron chi connectivity index (χ4n) is 2.78. The molecule has 1 heterocycles. The summed E-state index contributed by atoms with van der Waals surface area (Å²) in [5.41, 5.74) is 1.08. The van der Waals surface area contributed by atoms with Crippen molar-refractivity contribution >= 4 is 12.0 Å². The van der Waals surface area contributed by atoms with Crippen LogP contribution in [-0.2, 0) is 6.54 Å². The Labute approximate surface area is 123 Å². The van der Waals surface area contributed by atoms with Crippen LogP contribution in [0.4, 0.5) is 4.79 Å². The van der Waals surface area contributed by atoms with E-state index in [1.165, 1.54) is 44.0 Å². The Morgan fingerprint density at radius 1 is 1.33 bits per heavy atom. The zero-order valence-electron chi connectivity index (χ0n) is 11.8. The molecule has 6 heteroatoms. The van der Waals surface area contributed by atoms with Crippen molar-refractivity contribution in [2.75, 3.05) is 6.54 Å². The van der Waals surface area contributed by atoms with Gasteiger partial charge in [0.2, 0.25) is 0 Å². The molecule has 2 aliphatic carbocycles. The summed E-state index contributed by atoms with van der Waals surface area (Å²) >= 11 is 0. The van der Waals surface area contributed by atoms with Crippen molar-refractivity contribution in [1.82, 2.24) is 15.6 Å². The quantitative estimate of drug-likeness (QED) is 0.744. The standard InChI is InChI=1S/C15H19N3O3/c19-13(20)10-3-6-16-12(7-10)8-17-14(21)18-9-15(4-5-15)11-1-2-11/h3,6-7,11H,1-2,4-5,8-9H2,(H,19,20)(H2,17,18,21). The number of amides is 2. The second-order valence-electron chi connectivity index (χ2n) is 6.01. The van der Waals surface area contributed by atoms with Gasteiger partial charge in [0, 0.05) is 12.7 Å². The first-order chi connectivity index (χ1) is 10.1. The second kappa shape index (κ2) is 5.35. The first-order valence-corrected chi connectivity index (χ1v) is 7.29. The second-order valence-corrected chi connectivity index (χ2v) is 6.01. The number of nitrogens with zero attached hydrogens (tertiary/aromatic N) is 1. The molecule has 1 aromatic heterocycles. The summed E-state index contributed by atoms with van der Waals surface area (Å²) in [7, 11) is 0. The number of rotatable bonds is 6. The zero-order chi connectivity index (χ0) is 14.9. The third-order valence-corrected chi connectivity index (χ3v) is 4.43. The number of urea groups is 1. The molecule has 2 aliphatic rings. The van der Waals surface area contributed by atoms with E-state index in [1.807, 2.05) is 0 Å². The third kappa shape index (κ3) is 3.32. The Balaban J connectivity index is 1.45. The Morgan fingerprint density at radius 2 is 2.10 bits per heavy atom. The van der Waals surface area contributed by atoms with Gasteiger partial charge in [0.15, 0.2) is 0 Å². The van der Waals surface area contributed by atoms with Crippen molar-refractivity contribution in [3.8, 4) is 0 Å². The smallest absolute Gasteiger partial charge is 0.335 e. The fraction of sp³-hybridized carbons (Fsp3) is 0.533. The predicted molar refractivity (Wildman–Crippen MR) is 75.8 cm³/mol. The van der Waals surface area contributed by atoms with Gasteiger partial charge in [-0.1, -0.05) is 0 Å². The van der Waals surface area contributed by atoms with E-state index in [0.29, 0.717) is 11.1 Å². The van der Waals surface area contributed by atoms with Crippen LogP contribution < -0.4 is 10.6 Å². The Morgan fingerprint density at radius 3 is 2.71 bits per heavy atom. The summed E-state index contributed by atoms with van der Waals surface area (Å²) in [6.45, 7) is 0.968. The normalized spacial score (nSPS) is 18.9. The van der Waals surface area contributed by atoms with E-state index in [9.17, 15) is 9.59 Å². The molecule has 3 rings (SSSR count). The molecule has 0 atom stereocenters. The van der Waals surface area contributed by atoms with Crippen molar-refractivity contribution in [3.63, 3.8) is 0 Å². The summed E-state index contributed by atoms with van der Waals surface area (Å²) < 4.78 is 0. The van der Waals surface area contributed by atoms with Crippen LogP contribution in [0.25, 0.3) is 0 Å². The maximum atomic E-state index is 11.8. The molecule has 0 saturated heterocycles. The number of carbonyl (C=O) groups excluding carboxylic acids is 1. The highest BCUT2D eigenvalue weighted by Gasteiger charge is 2.53. The molecule has 0 spiro atoms. The molecular weight excluding hydrogens is 270 g/mol. The van der Waals surface area contributed by atoms with Gasteiger partial charge < -0.3 is 15.7 Å². The third-order valence-electron chi connectivity index (χ3n) is 4.43. The van der Waals surface area contributed by atoms with E-state index in [4.69, 9.17) is 5.11 Å². The number of hydrogen-bond acceptors (Lipinski definition) is 3. The fourth-order valence-corrected chi connectivity index (χ4v) is 2.78. The molecule has 2 saturated carbocycles. The lowest BCUT2D eigenvalue weighted by atomic mass is 10.0. The number of hydrogen-bond donors (Lipinski definition) is 3. The maximum Gasteiger partial charge on any atom is 0.335 e. The van der Waals surface area contributed by atoms with Gasteiger partial charge in [0.25, 0.3) is 0 Å². The van der Waals surface area contributed by atoms with E-state index < -0.39 is 5.97 Å². The first-order valence-electron chi connectivity index (χ1n) is 7.29. The zero-order valence-corrected chi connectivity index (χ0v) is 11.8. The molecule has 2 fully saturated rings.